The molecule has 1 aliphatic heterocycles. The van der Waals surface area contributed by atoms with Gasteiger partial charge in [0.2, 0.25) is 5.91 Å². The maximum Gasteiger partial charge on any atom is 0.225 e. The van der Waals surface area contributed by atoms with Crippen molar-refractivity contribution in [1.29, 1.82) is 5.26 Å². The van der Waals surface area contributed by atoms with Crippen LogP contribution in [-0.4, -0.2) is 25.4 Å². The van der Waals surface area contributed by atoms with Gasteiger partial charge >= 0.3 is 0 Å². The molecule has 6 heteroatoms. The number of allylic oxidation sites excluding steroid dienone is 1. The van der Waals surface area contributed by atoms with Crippen molar-refractivity contribution in [3.05, 3.63) is 34.4 Å². The largest absolute Gasteiger partial charge is 0.493 e. The molecular weight excluding hydrogens is 312 g/mol. The number of ether oxygens (including phenoxy) is 2. The Morgan fingerprint density at radius 2 is 2.17 bits per heavy atom. The van der Waals surface area contributed by atoms with Crippen molar-refractivity contribution < 1.29 is 14.3 Å². The fourth-order valence-electron chi connectivity index (χ4n) is 2.54. The molecule has 1 heterocycles. The molecule has 122 valence electrons. The Balaban J connectivity index is 2.44. The summed E-state index contributed by atoms with van der Waals surface area (Å²) in [5.41, 5.74) is 1.48. The summed E-state index contributed by atoms with van der Waals surface area (Å²) in [6, 6.07) is 7.82. The van der Waals surface area contributed by atoms with Gasteiger partial charge in [-0.05, 0) is 30.4 Å². The van der Waals surface area contributed by atoms with Gasteiger partial charge in [0.15, 0.2) is 11.5 Å². The third-order valence-electron chi connectivity index (χ3n) is 3.53. The number of nitrogens with one attached hydrogen (secondary N) is 1. The monoisotopic (exact) mass is 332 g/mol. The summed E-state index contributed by atoms with van der Waals surface area (Å²) in [7, 11) is 1.58. The van der Waals surface area contributed by atoms with Gasteiger partial charge in [-0.2, -0.15) is 5.26 Å². The van der Waals surface area contributed by atoms with Crippen LogP contribution >= 0.6 is 11.8 Å². The van der Waals surface area contributed by atoms with Gasteiger partial charge in [0, 0.05) is 12.3 Å². The zero-order valence-electron chi connectivity index (χ0n) is 13.5. The van der Waals surface area contributed by atoms with Gasteiger partial charge in [0.1, 0.15) is 0 Å². The summed E-state index contributed by atoms with van der Waals surface area (Å²) in [5.74, 6) is 1.73. The molecule has 0 fully saturated rings. The van der Waals surface area contributed by atoms with Crippen LogP contribution in [0.5, 0.6) is 11.5 Å². The molecule has 0 radical (unpaired) electrons. The summed E-state index contributed by atoms with van der Waals surface area (Å²) < 4.78 is 10.9. The number of carbonyl (C=O) groups excluding carboxylic acids is 1. The molecule has 1 aromatic carbocycles. The van der Waals surface area contributed by atoms with Gasteiger partial charge in [0.05, 0.1) is 30.4 Å². The highest BCUT2D eigenvalue weighted by Gasteiger charge is 2.29. The summed E-state index contributed by atoms with van der Waals surface area (Å²) in [6.45, 7) is 4.44. The highest BCUT2D eigenvalue weighted by Crippen LogP contribution is 2.39. The van der Waals surface area contributed by atoms with Crippen LogP contribution in [0.25, 0.3) is 0 Å². The number of amides is 1. The van der Waals surface area contributed by atoms with Gasteiger partial charge < -0.3 is 14.8 Å². The van der Waals surface area contributed by atoms with Gasteiger partial charge in [-0.1, -0.05) is 13.0 Å². The minimum Gasteiger partial charge on any atom is -0.493 e. The van der Waals surface area contributed by atoms with Gasteiger partial charge in [-0.15, -0.1) is 11.8 Å². The molecule has 0 saturated heterocycles. The lowest BCUT2D eigenvalue weighted by atomic mass is 9.87. The molecule has 1 aliphatic rings. The molecule has 1 N–H and O–H groups in total. The molecule has 0 aromatic heterocycles. The Labute approximate surface area is 140 Å². The number of thioether (sulfide) groups is 1. The Bertz CT molecular complexity index is 664. The van der Waals surface area contributed by atoms with Crippen molar-refractivity contribution in [3.8, 4) is 17.6 Å². The van der Waals surface area contributed by atoms with Crippen molar-refractivity contribution in [3.63, 3.8) is 0 Å². The fourth-order valence-corrected chi connectivity index (χ4v) is 3.36. The zero-order valence-corrected chi connectivity index (χ0v) is 14.3. The highest BCUT2D eigenvalue weighted by molar-refractivity contribution is 8.03. The number of nitriles is 1. The van der Waals surface area contributed by atoms with Gasteiger partial charge in [0.25, 0.3) is 0 Å². The van der Waals surface area contributed by atoms with E-state index >= 15 is 0 Å². The van der Waals surface area contributed by atoms with Crippen molar-refractivity contribution in [1.82, 2.24) is 5.32 Å². The van der Waals surface area contributed by atoms with Crippen LogP contribution in [0, 0.1) is 11.3 Å². The predicted molar refractivity (Wildman–Crippen MR) is 90.4 cm³/mol. The first-order valence-electron chi connectivity index (χ1n) is 7.52. The van der Waals surface area contributed by atoms with Crippen LogP contribution in [0.1, 0.15) is 31.7 Å². The minimum absolute atomic E-state index is 0.0715. The third kappa shape index (κ3) is 3.80. The lowest BCUT2D eigenvalue weighted by Crippen LogP contribution is -2.30. The second-order valence-corrected chi connectivity index (χ2v) is 6.21. The van der Waals surface area contributed by atoms with Crippen molar-refractivity contribution >= 4 is 17.7 Å². The van der Waals surface area contributed by atoms with Crippen LogP contribution in [0.15, 0.2) is 28.8 Å². The first-order chi connectivity index (χ1) is 11.1. The maximum atomic E-state index is 12.0. The Morgan fingerprint density at radius 1 is 1.39 bits per heavy atom. The summed E-state index contributed by atoms with van der Waals surface area (Å²) >= 11 is 1.48. The van der Waals surface area contributed by atoms with Crippen molar-refractivity contribution in [2.75, 3.05) is 19.5 Å². The second-order valence-electron chi connectivity index (χ2n) is 4.94. The third-order valence-corrected chi connectivity index (χ3v) is 4.43. The quantitative estimate of drug-likeness (QED) is 0.866. The van der Waals surface area contributed by atoms with Crippen molar-refractivity contribution in [2.45, 2.75) is 26.2 Å². The van der Waals surface area contributed by atoms with E-state index < -0.39 is 0 Å². The maximum absolute atomic E-state index is 12.0. The molecule has 5 nitrogen and oxygen atoms in total. The van der Waals surface area contributed by atoms with E-state index in [-0.39, 0.29) is 18.2 Å². The van der Waals surface area contributed by atoms with Crippen LogP contribution in [0.4, 0.5) is 0 Å². The van der Waals surface area contributed by atoms with E-state index in [2.05, 4.69) is 11.4 Å². The van der Waals surface area contributed by atoms with E-state index in [9.17, 15) is 10.1 Å². The molecule has 23 heavy (non-hydrogen) atoms. The standard InChI is InChI=1S/C17H20N2O3S/c1-4-22-14-7-6-11(8-15(14)21-3)12-9-16(20)19-17(23-5-2)13(12)10-18/h6-8,12H,4-5,9H2,1-3H3,(H,19,20)/t12-/m0/s1. The zero-order chi connectivity index (χ0) is 16.8. The van der Waals surface area contributed by atoms with Crippen LogP contribution in [-0.2, 0) is 4.79 Å². The molecule has 1 atom stereocenters. The van der Waals surface area contributed by atoms with Gasteiger partial charge in [-0.3, -0.25) is 4.79 Å². The van der Waals surface area contributed by atoms with E-state index in [0.717, 1.165) is 11.3 Å². The molecule has 1 aromatic rings. The average Bonchev–Trinajstić information content (AvgIpc) is 2.55. The SMILES string of the molecule is CCOc1ccc([C@@H]2CC(=O)NC(SCC)=C2C#N)cc1OC. The Kier molecular flexibility index (Phi) is 5.94. The lowest BCUT2D eigenvalue weighted by Gasteiger charge is -2.25. The molecule has 0 aliphatic carbocycles. The van der Waals surface area contributed by atoms with E-state index in [4.69, 9.17) is 9.47 Å². The van der Waals surface area contributed by atoms with Crippen LogP contribution < -0.4 is 14.8 Å². The molecule has 2 rings (SSSR count). The molecular formula is C17H20N2O3S. The predicted octanol–water partition coefficient (Wildman–Crippen LogP) is 3.19. The molecule has 0 bridgehead atoms. The summed E-state index contributed by atoms with van der Waals surface area (Å²) in [4.78, 5) is 12.0. The smallest absolute Gasteiger partial charge is 0.225 e. The van der Waals surface area contributed by atoms with E-state index in [1.54, 1.807) is 7.11 Å². The van der Waals surface area contributed by atoms with Crippen LogP contribution in [0.3, 0.4) is 0 Å². The van der Waals surface area contributed by atoms with Crippen molar-refractivity contribution in [2.24, 2.45) is 0 Å². The normalized spacial score (nSPS) is 17.5. The van der Waals surface area contributed by atoms with E-state index in [1.807, 2.05) is 32.0 Å². The average molecular weight is 332 g/mol. The number of rotatable bonds is 6. The summed E-state index contributed by atoms with van der Waals surface area (Å²) in [5, 5.41) is 13.0. The molecule has 0 spiro atoms. The first kappa shape index (κ1) is 17.2. The Morgan fingerprint density at radius 3 is 2.78 bits per heavy atom. The number of carbonyl (C=O) groups is 1. The molecule has 0 saturated carbocycles. The summed E-state index contributed by atoms with van der Waals surface area (Å²) in [6.07, 6.45) is 0.258. The number of nitrogens with zero attached hydrogens (tertiary/aromatic N) is 1. The van der Waals surface area contributed by atoms with Gasteiger partial charge in [-0.25, -0.2) is 0 Å². The lowest BCUT2D eigenvalue weighted by molar-refractivity contribution is -0.120. The number of benzene rings is 1. The van der Waals surface area contributed by atoms with E-state index in [0.29, 0.717) is 28.7 Å². The number of hydrogen-bond acceptors (Lipinski definition) is 5. The second kappa shape index (κ2) is 7.93. The van der Waals surface area contributed by atoms with Crippen LogP contribution in [0.2, 0.25) is 0 Å². The topological polar surface area (TPSA) is 71.3 Å². The first-order valence-corrected chi connectivity index (χ1v) is 8.50. The minimum atomic E-state index is -0.257. The molecule has 1 amide bonds. The molecule has 0 unspecified atom stereocenters. The fraction of sp³-hybridized carbons (Fsp3) is 0.412. The highest BCUT2D eigenvalue weighted by atomic mass is 32.2. The Hall–Kier alpha value is -2.13. The number of methoxy groups -OCH3 is 1. The van der Waals surface area contributed by atoms with E-state index in [1.165, 1.54) is 11.8 Å². The number of hydrogen-bond donors (Lipinski definition) is 1.